The van der Waals surface area contributed by atoms with Gasteiger partial charge in [-0.05, 0) is 30.4 Å². The molecule has 2 fully saturated rings. The van der Waals surface area contributed by atoms with E-state index in [1.54, 1.807) is 12.1 Å². The molecule has 1 aliphatic heterocycles. The van der Waals surface area contributed by atoms with E-state index in [4.69, 9.17) is 4.42 Å². The maximum absolute atomic E-state index is 13.1. The largest absolute Gasteiger partial charge is 0.467 e. The van der Waals surface area contributed by atoms with Crippen LogP contribution in [0.2, 0.25) is 0 Å². The minimum Gasteiger partial charge on any atom is -0.467 e. The standard InChI is InChI=1S/C18H16N4O4S/c23-13(20-18-21-19-8-27-18)7-11(12-2-1-5-26-12)22-16(24)14-9-3-4-10(6-9)15(14)17(22)25/h1-5,8-11,14-15H,6-7H2,(H,20,21,23). The van der Waals surface area contributed by atoms with Gasteiger partial charge in [-0.1, -0.05) is 23.5 Å². The Kier molecular flexibility index (Phi) is 3.71. The second-order valence-corrected chi connectivity index (χ2v) is 7.91. The number of furan rings is 1. The van der Waals surface area contributed by atoms with E-state index >= 15 is 0 Å². The van der Waals surface area contributed by atoms with Gasteiger partial charge in [0.1, 0.15) is 17.3 Å². The topological polar surface area (TPSA) is 105 Å². The molecule has 5 atom stereocenters. The second-order valence-electron chi connectivity index (χ2n) is 7.07. The molecule has 0 spiro atoms. The number of imide groups is 1. The first kappa shape index (κ1) is 16.4. The molecule has 2 aliphatic carbocycles. The summed E-state index contributed by atoms with van der Waals surface area (Å²) in [7, 11) is 0. The molecule has 1 saturated heterocycles. The Labute approximate surface area is 158 Å². The van der Waals surface area contributed by atoms with Gasteiger partial charge in [0, 0.05) is 0 Å². The van der Waals surface area contributed by atoms with Crippen molar-refractivity contribution in [3.8, 4) is 0 Å². The predicted molar refractivity (Wildman–Crippen MR) is 94.2 cm³/mol. The molecule has 3 amide bonds. The highest BCUT2D eigenvalue weighted by molar-refractivity contribution is 7.13. The van der Waals surface area contributed by atoms with Crippen molar-refractivity contribution in [3.05, 3.63) is 41.8 Å². The molecular weight excluding hydrogens is 368 g/mol. The lowest BCUT2D eigenvalue weighted by molar-refractivity contribution is -0.144. The van der Waals surface area contributed by atoms with Crippen molar-refractivity contribution in [1.82, 2.24) is 15.1 Å². The molecule has 5 unspecified atom stereocenters. The fourth-order valence-corrected chi connectivity index (χ4v) is 5.07. The molecule has 138 valence electrons. The first-order chi connectivity index (χ1) is 13.1. The van der Waals surface area contributed by atoms with Crippen LogP contribution >= 0.6 is 11.3 Å². The van der Waals surface area contributed by atoms with E-state index in [9.17, 15) is 14.4 Å². The van der Waals surface area contributed by atoms with E-state index in [1.807, 2.05) is 12.2 Å². The van der Waals surface area contributed by atoms with E-state index in [0.29, 0.717) is 10.9 Å². The summed E-state index contributed by atoms with van der Waals surface area (Å²) in [5, 5.41) is 10.5. The predicted octanol–water partition coefficient (Wildman–Crippen LogP) is 2.01. The number of carbonyl (C=O) groups is 3. The van der Waals surface area contributed by atoms with Crippen LogP contribution in [-0.2, 0) is 14.4 Å². The molecule has 8 nitrogen and oxygen atoms in total. The van der Waals surface area contributed by atoms with Crippen molar-refractivity contribution in [2.45, 2.75) is 18.9 Å². The number of likely N-dealkylation sites (tertiary alicyclic amines) is 1. The van der Waals surface area contributed by atoms with Gasteiger partial charge in [-0.15, -0.1) is 10.2 Å². The molecule has 2 bridgehead atoms. The van der Waals surface area contributed by atoms with Crippen LogP contribution in [-0.4, -0.2) is 32.8 Å². The number of anilines is 1. The Hall–Kier alpha value is -2.81. The molecule has 3 heterocycles. The van der Waals surface area contributed by atoms with Crippen LogP contribution in [0.4, 0.5) is 5.13 Å². The van der Waals surface area contributed by atoms with Gasteiger partial charge in [0.25, 0.3) is 0 Å². The first-order valence-electron chi connectivity index (χ1n) is 8.78. The zero-order valence-corrected chi connectivity index (χ0v) is 15.0. The number of nitrogens with one attached hydrogen (secondary N) is 1. The van der Waals surface area contributed by atoms with Gasteiger partial charge >= 0.3 is 0 Å². The summed E-state index contributed by atoms with van der Waals surface area (Å²) in [5.41, 5.74) is 1.51. The van der Waals surface area contributed by atoms with Crippen LogP contribution in [0.3, 0.4) is 0 Å². The number of aromatic nitrogens is 2. The number of hydrogen-bond acceptors (Lipinski definition) is 7. The number of carbonyl (C=O) groups excluding carboxylic acids is 3. The zero-order valence-electron chi connectivity index (χ0n) is 14.1. The normalized spacial score (nSPS) is 29.4. The third kappa shape index (κ3) is 2.53. The minimum absolute atomic E-state index is 0.0905. The lowest BCUT2D eigenvalue weighted by Gasteiger charge is -2.25. The van der Waals surface area contributed by atoms with Gasteiger partial charge in [0.05, 0.1) is 24.5 Å². The lowest BCUT2D eigenvalue weighted by Crippen LogP contribution is -2.38. The quantitative estimate of drug-likeness (QED) is 0.624. The van der Waals surface area contributed by atoms with Gasteiger partial charge in [0.2, 0.25) is 22.9 Å². The number of nitrogens with zero attached hydrogens (tertiary/aromatic N) is 3. The molecule has 27 heavy (non-hydrogen) atoms. The molecule has 9 heteroatoms. The third-order valence-corrected chi connectivity index (χ3v) is 6.28. The third-order valence-electron chi connectivity index (χ3n) is 5.67. The maximum Gasteiger partial charge on any atom is 0.234 e. The summed E-state index contributed by atoms with van der Waals surface area (Å²) in [6.07, 6.45) is 6.34. The second kappa shape index (κ2) is 6.12. The average molecular weight is 384 g/mol. The van der Waals surface area contributed by atoms with Gasteiger partial charge in [-0.2, -0.15) is 0 Å². The molecule has 1 saturated carbocycles. The molecule has 2 aromatic rings. The molecular formula is C18H16N4O4S. The van der Waals surface area contributed by atoms with Crippen molar-refractivity contribution in [2.75, 3.05) is 5.32 Å². The fraction of sp³-hybridized carbons (Fsp3) is 0.389. The molecule has 0 aromatic carbocycles. The van der Waals surface area contributed by atoms with Gasteiger partial charge in [-0.25, -0.2) is 0 Å². The van der Waals surface area contributed by atoms with Crippen LogP contribution in [0.15, 0.2) is 40.5 Å². The smallest absolute Gasteiger partial charge is 0.234 e. The summed E-state index contributed by atoms with van der Waals surface area (Å²) in [6, 6.07) is 2.60. The Morgan fingerprint density at radius 3 is 2.63 bits per heavy atom. The van der Waals surface area contributed by atoms with Crippen molar-refractivity contribution >= 4 is 34.2 Å². The molecule has 3 aliphatic rings. The number of amides is 3. The van der Waals surface area contributed by atoms with Crippen LogP contribution in [0, 0.1) is 23.7 Å². The SMILES string of the molecule is O=C(CC(c1ccco1)N1C(=O)C2C3C=CC(C3)C2C1=O)Nc1nncs1. The number of hydrogen-bond donors (Lipinski definition) is 1. The summed E-state index contributed by atoms with van der Waals surface area (Å²) >= 11 is 1.20. The van der Waals surface area contributed by atoms with Gasteiger partial charge < -0.3 is 9.73 Å². The number of fused-ring (bicyclic) bond motifs is 5. The number of rotatable bonds is 5. The molecule has 2 aromatic heterocycles. The summed E-state index contributed by atoms with van der Waals surface area (Å²) in [5.74, 6) is -0.717. The van der Waals surface area contributed by atoms with E-state index in [0.717, 1.165) is 6.42 Å². The maximum atomic E-state index is 13.1. The minimum atomic E-state index is -0.766. The molecule has 5 rings (SSSR count). The van der Waals surface area contributed by atoms with E-state index < -0.39 is 6.04 Å². The first-order valence-corrected chi connectivity index (χ1v) is 9.66. The van der Waals surface area contributed by atoms with Crippen LogP contribution in [0.25, 0.3) is 0 Å². The molecule has 0 radical (unpaired) electrons. The highest BCUT2D eigenvalue weighted by Gasteiger charge is 2.60. The summed E-state index contributed by atoms with van der Waals surface area (Å²) < 4.78 is 5.47. The van der Waals surface area contributed by atoms with Crippen molar-refractivity contribution in [1.29, 1.82) is 0 Å². The highest BCUT2D eigenvalue weighted by Crippen LogP contribution is 2.54. The Morgan fingerprint density at radius 2 is 2.04 bits per heavy atom. The van der Waals surface area contributed by atoms with Crippen LogP contribution < -0.4 is 5.32 Å². The van der Waals surface area contributed by atoms with E-state index in [1.165, 1.54) is 28.0 Å². The average Bonchev–Trinajstić information content (AvgIpc) is 3.45. The fourth-order valence-electron chi connectivity index (χ4n) is 4.61. The zero-order chi connectivity index (χ0) is 18.5. The van der Waals surface area contributed by atoms with Crippen molar-refractivity contribution < 1.29 is 18.8 Å². The van der Waals surface area contributed by atoms with E-state index in [-0.39, 0.29) is 47.8 Å². The lowest BCUT2D eigenvalue weighted by atomic mass is 9.85. The Balaban J connectivity index is 1.42. The Bertz CT molecular complexity index is 893. The van der Waals surface area contributed by atoms with Gasteiger partial charge in [-0.3, -0.25) is 19.3 Å². The van der Waals surface area contributed by atoms with Crippen molar-refractivity contribution in [3.63, 3.8) is 0 Å². The van der Waals surface area contributed by atoms with Crippen molar-refractivity contribution in [2.24, 2.45) is 23.7 Å². The monoisotopic (exact) mass is 384 g/mol. The van der Waals surface area contributed by atoms with Gasteiger partial charge in [0.15, 0.2) is 0 Å². The van der Waals surface area contributed by atoms with Crippen LogP contribution in [0.1, 0.15) is 24.6 Å². The highest BCUT2D eigenvalue weighted by atomic mass is 32.1. The van der Waals surface area contributed by atoms with E-state index in [2.05, 4.69) is 15.5 Å². The molecule has 1 N–H and O–H groups in total. The summed E-state index contributed by atoms with van der Waals surface area (Å²) in [6.45, 7) is 0. The summed E-state index contributed by atoms with van der Waals surface area (Å²) in [4.78, 5) is 39.9. The Morgan fingerprint density at radius 1 is 1.30 bits per heavy atom. The number of allylic oxidation sites excluding steroid dienone is 2. The van der Waals surface area contributed by atoms with Crippen LogP contribution in [0.5, 0.6) is 0 Å².